The van der Waals surface area contributed by atoms with Gasteiger partial charge < -0.3 is 20.8 Å². The summed E-state index contributed by atoms with van der Waals surface area (Å²) >= 11 is 1.51. The maximum atomic E-state index is 13.0. The molecule has 0 unspecified atom stereocenters. The highest BCUT2D eigenvalue weighted by molar-refractivity contribution is 7.15. The second-order valence-corrected chi connectivity index (χ2v) is 12.8. The van der Waals surface area contributed by atoms with Crippen LogP contribution in [0, 0.1) is 22.7 Å². The number of nitrogens with one attached hydrogen (secondary N) is 2. The van der Waals surface area contributed by atoms with E-state index in [1.165, 1.54) is 17.8 Å². The topological polar surface area (TPSA) is 112 Å². The Morgan fingerprint density at radius 3 is 2.53 bits per heavy atom. The van der Waals surface area contributed by atoms with Crippen molar-refractivity contribution in [1.82, 2.24) is 10.3 Å². The van der Waals surface area contributed by atoms with Crippen molar-refractivity contribution in [2.75, 3.05) is 11.9 Å². The van der Waals surface area contributed by atoms with E-state index in [0.717, 1.165) is 55.5 Å². The molecule has 0 spiro atoms. The Morgan fingerprint density at radius 2 is 1.85 bits per heavy atom. The average Bonchev–Trinajstić information content (AvgIpc) is 3.55. The number of aromatic nitrogens is 1. The van der Waals surface area contributed by atoms with Crippen LogP contribution in [0.25, 0.3) is 0 Å². The summed E-state index contributed by atoms with van der Waals surface area (Å²) in [5.41, 5.74) is 0.0414. The van der Waals surface area contributed by atoms with Gasteiger partial charge in [0.1, 0.15) is 0 Å². The number of anilines is 1. The number of carbonyl (C=O) groups is 2. The van der Waals surface area contributed by atoms with Gasteiger partial charge in [-0.15, -0.1) is 11.3 Å². The lowest BCUT2D eigenvalue weighted by Crippen LogP contribution is -2.57. The molecule has 0 aromatic carbocycles. The SMILES string of the molecule is C[C@]1(CO)[C@H]2Cc3sc(NC(=O)C4CCCCC4)nc3[C@@H](CC(=O)NC3CC3)[C@]2(C)CC[C@H]1O. The third-order valence-electron chi connectivity index (χ3n) is 9.43. The number of hydrogen-bond donors (Lipinski definition) is 4. The molecule has 0 bridgehead atoms. The van der Waals surface area contributed by atoms with E-state index in [2.05, 4.69) is 17.6 Å². The average molecular weight is 490 g/mol. The third-order valence-corrected chi connectivity index (χ3v) is 10.4. The van der Waals surface area contributed by atoms with Gasteiger partial charge in [-0.1, -0.05) is 33.1 Å². The first-order chi connectivity index (χ1) is 16.2. The molecule has 0 radical (unpaired) electrons. The van der Waals surface area contributed by atoms with Gasteiger partial charge in [-0.05, 0) is 56.3 Å². The molecule has 8 heteroatoms. The lowest BCUT2D eigenvalue weighted by atomic mass is 9.47. The number of aliphatic hydroxyl groups excluding tert-OH is 2. The molecule has 1 heterocycles. The van der Waals surface area contributed by atoms with Crippen LogP contribution in [0.2, 0.25) is 0 Å². The van der Waals surface area contributed by atoms with Gasteiger partial charge in [-0.3, -0.25) is 9.59 Å². The van der Waals surface area contributed by atoms with Crippen LogP contribution in [-0.4, -0.2) is 45.8 Å². The molecule has 7 nitrogen and oxygen atoms in total. The molecular formula is C26H39N3O4S. The summed E-state index contributed by atoms with van der Waals surface area (Å²) in [7, 11) is 0. The van der Waals surface area contributed by atoms with Crippen LogP contribution in [0.1, 0.15) is 94.5 Å². The van der Waals surface area contributed by atoms with Crippen molar-refractivity contribution in [3.63, 3.8) is 0 Å². The van der Waals surface area contributed by atoms with Crippen LogP contribution in [0.3, 0.4) is 0 Å². The summed E-state index contributed by atoms with van der Waals surface area (Å²) in [6.45, 7) is 4.11. The molecule has 0 aliphatic heterocycles. The number of thiazole rings is 1. The summed E-state index contributed by atoms with van der Waals surface area (Å²) < 4.78 is 0. The summed E-state index contributed by atoms with van der Waals surface area (Å²) in [5, 5.41) is 28.1. The van der Waals surface area contributed by atoms with Gasteiger partial charge in [-0.2, -0.15) is 0 Å². The lowest BCUT2D eigenvalue weighted by molar-refractivity contribution is -0.144. The molecule has 3 fully saturated rings. The third kappa shape index (κ3) is 4.30. The number of nitrogens with zero attached hydrogens (tertiary/aromatic N) is 1. The second-order valence-electron chi connectivity index (χ2n) is 11.7. The Hall–Kier alpha value is -1.51. The molecule has 5 rings (SSSR count). The van der Waals surface area contributed by atoms with Crippen molar-refractivity contribution in [3.8, 4) is 0 Å². The molecule has 34 heavy (non-hydrogen) atoms. The van der Waals surface area contributed by atoms with Crippen LogP contribution >= 0.6 is 11.3 Å². The van der Waals surface area contributed by atoms with Crippen LogP contribution in [0.5, 0.6) is 0 Å². The normalized spacial score (nSPS) is 35.8. The zero-order valence-corrected chi connectivity index (χ0v) is 21.3. The van der Waals surface area contributed by atoms with Crippen molar-refractivity contribution >= 4 is 28.3 Å². The zero-order chi connectivity index (χ0) is 24.1. The smallest absolute Gasteiger partial charge is 0.229 e. The molecule has 0 saturated heterocycles. The number of carbonyl (C=O) groups excluding carboxylic acids is 2. The molecule has 1 aromatic rings. The van der Waals surface area contributed by atoms with Gasteiger partial charge in [0.05, 0.1) is 18.4 Å². The van der Waals surface area contributed by atoms with E-state index in [4.69, 9.17) is 4.98 Å². The highest BCUT2D eigenvalue weighted by Gasteiger charge is 2.59. The Labute approximate surface area is 206 Å². The first-order valence-electron chi connectivity index (χ1n) is 13.1. The minimum atomic E-state index is -0.634. The molecule has 1 aromatic heterocycles. The summed E-state index contributed by atoms with van der Waals surface area (Å²) in [6, 6.07) is 0.302. The molecule has 3 saturated carbocycles. The fourth-order valence-corrected chi connectivity index (χ4v) is 8.04. The minimum absolute atomic E-state index is 0.0299. The summed E-state index contributed by atoms with van der Waals surface area (Å²) in [4.78, 5) is 31.9. The van der Waals surface area contributed by atoms with Crippen molar-refractivity contribution in [2.45, 2.75) is 103 Å². The van der Waals surface area contributed by atoms with Gasteiger partial charge in [-0.25, -0.2) is 4.98 Å². The van der Waals surface area contributed by atoms with E-state index in [1.54, 1.807) is 0 Å². The predicted molar refractivity (Wildman–Crippen MR) is 132 cm³/mol. The van der Waals surface area contributed by atoms with Gasteiger partial charge in [0.15, 0.2) is 5.13 Å². The number of aliphatic hydroxyl groups is 2. The molecular weight excluding hydrogens is 450 g/mol. The fourth-order valence-electron chi connectivity index (χ4n) is 6.97. The molecule has 5 atom stereocenters. The quantitative estimate of drug-likeness (QED) is 0.486. The Kier molecular flexibility index (Phi) is 6.53. The maximum absolute atomic E-state index is 13.0. The zero-order valence-electron chi connectivity index (χ0n) is 20.4. The van der Waals surface area contributed by atoms with Crippen molar-refractivity contribution < 1.29 is 19.8 Å². The monoisotopic (exact) mass is 489 g/mol. The van der Waals surface area contributed by atoms with Crippen LogP contribution < -0.4 is 10.6 Å². The highest BCUT2D eigenvalue weighted by Crippen LogP contribution is 2.62. The Balaban J connectivity index is 1.46. The number of fused-ring (bicyclic) bond motifs is 2. The van der Waals surface area contributed by atoms with Crippen molar-refractivity contribution in [2.24, 2.45) is 22.7 Å². The minimum Gasteiger partial charge on any atom is -0.396 e. The van der Waals surface area contributed by atoms with Gasteiger partial charge in [0.25, 0.3) is 0 Å². The Morgan fingerprint density at radius 1 is 1.12 bits per heavy atom. The van der Waals surface area contributed by atoms with Crippen LogP contribution in [0.4, 0.5) is 5.13 Å². The van der Waals surface area contributed by atoms with Crippen LogP contribution in [0.15, 0.2) is 0 Å². The molecule has 2 amide bonds. The van der Waals surface area contributed by atoms with Gasteiger partial charge in [0, 0.05) is 34.6 Å². The van der Waals surface area contributed by atoms with Crippen molar-refractivity contribution in [1.29, 1.82) is 0 Å². The molecule has 4 aliphatic carbocycles. The summed E-state index contributed by atoms with van der Waals surface area (Å²) in [5.74, 6) is 0.103. The lowest BCUT2D eigenvalue weighted by Gasteiger charge is -2.58. The van der Waals surface area contributed by atoms with E-state index in [-0.39, 0.29) is 41.6 Å². The predicted octanol–water partition coefficient (Wildman–Crippen LogP) is 3.75. The standard InChI is InChI=1S/C26H39N3O4S/c1-25-11-10-20(31)26(2,14-30)19(25)13-18-22(17(25)12-21(32)27-16-8-9-16)28-24(34-18)29-23(33)15-6-4-3-5-7-15/h15-17,19-20,30-31H,3-14H2,1-2H3,(H,27,32)(H,28,29,33)/t17-,19+,20-,25+,26+/m1/s1. The van der Waals surface area contributed by atoms with Crippen molar-refractivity contribution in [3.05, 3.63) is 10.6 Å². The van der Waals surface area contributed by atoms with E-state index >= 15 is 0 Å². The summed E-state index contributed by atoms with van der Waals surface area (Å²) in [6.07, 6.45) is 9.26. The van der Waals surface area contributed by atoms with E-state index < -0.39 is 11.5 Å². The van der Waals surface area contributed by atoms with E-state index in [0.29, 0.717) is 30.4 Å². The first-order valence-corrected chi connectivity index (χ1v) is 13.9. The van der Waals surface area contributed by atoms with E-state index in [9.17, 15) is 19.8 Å². The van der Waals surface area contributed by atoms with Gasteiger partial charge in [0.2, 0.25) is 11.8 Å². The molecule has 188 valence electrons. The van der Waals surface area contributed by atoms with Crippen LogP contribution in [-0.2, 0) is 16.0 Å². The highest BCUT2D eigenvalue weighted by atomic mass is 32.1. The number of amides is 2. The van der Waals surface area contributed by atoms with Gasteiger partial charge >= 0.3 is 0 Å². The number of hydrogen-bond acceptors (Lipinski definition) is 6. The largest absolute Gasteiger partial charge is 0.396 e. The van der Waals surface area contributed by atoms with E-state index in [1.807, 2.05) is 6.92 Å². The Bertz CT molecular complexity index is 940. The first kappa shape index (κ1) is 24.2. The second kappa shape index (κ2) is 9.17. The number of rotatable bonds is 6. The molecule has 4 aliphatic rings. The maximum Gasteiger partial charge on any atom is 0.229 e. The fraction of sp³-hybridized carbons (Fsp3) is 0.808. The molecule has 4 N–H and O–H groups in total.